The highest BCUT2D eigenvalue weighted by Crippen LogP contribution is 2.13. The van der Waals surface area contributed by atoms with Crippen LogP contribution < -0.4 is 10.6 Å². The summed E-state index contributed by atoms with van der Waals surface area (Å²) in [7, 11) is 0. The van der Waals surface area contributed by atoms with Gasteiger partial charge in [0.1, 0.15) is 0 Å². The summed E-state index contributed by atoms with van der Waals surface area (Å²) in [5.41, 5.74) is 0. The molecule has 1 aliphatic rings. The van der Waals surface area contributed by atoms with Crippen molar-refractivity contribution in [2.75, 3.05) is 19.6 Å². The van der Waals surface area contributed by atoms with Crippen molar-refractivity contribution in [2.24, 2.45) is 4.99 Å². The monoisotopic (exact) mass is 366 g/mol. The number of nitrogens with one attached hydrogen (secondary N) is 2. The Labute approximate surface area is 123 Å². The fourth-order valence-corrected chi connectivity index (χ4v) is 2.43. The lowest BCUT2D eigenvalue weighted by molar-refractivity contribution is 0.700. The van der Waals surface area contributed by atoms with Gasteiger partial charge in [-0.15, -0.1) is 35.3 Å². The largest absolute Gasteiger partial charge is 0.356 e. The maximum absolute atomic E-state index is 4.39. The highest BCUT2D eigenvalue weighted by Gasteiger charge is 2.04. The molecule has 96 valence electrons. The number of nitrogens with zero attached hydrogens (tertiary/aromatic N) is 2. The van der Waals surface area contributed by atoms with Crippen molar-refractivity contribution in [1.29, 1.82) is 0 Å². The zero-order valence-electron chi connectivity index (χ0n) is 10.0. The van der Waals surface area contributed by atoms with Crippen LogP contribution in [0.3, 0.4) is 0 Å². The van der Waals surface area contributed by atoms with Gasteiger partial charge >= 0.3 is 0 Å². The van der Waals surface area contributed by atoms with Gasteiger partial charge in [0.2, 0.25) is 0 Å². The second-order valence-corrected chi connectivity index (χ2v) is 4.96. The lowest BCUT2D eigenvalue weighted by atomic mass is 10.4. The molecule has 0 spiro atoms. The van der Waals surface area contributed by atoms with Gasteiger partial charge in [-0.3, -0.25) is 4.99 Å². The lowest BCUT2D eigenvalue weighted by Crippen LogP contribution is -2.41. The van der Waals surface area contributed by atoms with E-state index in [-0.39, 0.29) is 24.0 Å². The van der Waals surface area contributed by atoms with Crippen molar-refractivity contribution in [3.8, 4) is 0 Å². The van der Waals surface area contributed by atoms with E-state index < -0.39 is 0 Å². The predicted octanol–water partition coefficient (Wildman–Crippen LogP) is 1.80. The molecule has 1 aromatic heterocycles. The first-order valence-corrected chi connectivity index (χ1v) is 6.66. The number of aryl methyl sites for hydroxylation is 1. The van der Waals surface area contributed by atoms with Crippen LogP contribution in [-0.4, -0.2) is 30.6 Å². The Morgan fingerprint density at radius 2 is 2.41 bits per heavy atom. The summed E-state index contributed by atoms with van der Waals surface area (Å²) in [5, 5.41) is 7.76. The van der Waals surface area contributed by atoms with Gasteiger partial charge in [-0.1, -0.05) is 6.92 Å². The Hall–Kier alpha value is -0.370. The maximum Gasteiger partial charge on any atom is 0.191 e. The highest BCUT2D eigenvalue weighted by atomic mass is 127. The Kier molecular flexibility index (Phi) is 6.79. The third-order valence-electron chi connectivity index (χ3n) is 2.48. The molecule has 0 atom stereocenters. The molecule has 0 saturated carbocycles. The van der Waals surface area contributed by atoms with Gasteiger partial charge in [0.05, 0.1) is 5.01 Å². The average Bonchev–Trinajstić information content (AvgIpc) is 2.78. The molecular formula is C11H19IN4S. The number of guanidine groups is 1. The van der Waals surface area contributed by atoms with E-state index in [0.29, 0.717) is 0 Å². The molecule has 0 unspecified atom stereocenters. The Balaban J connectivity index is 0.00000144. The molecular weight excluding hydrogens is 347 g/mol. The smallest absolute Gasteiger partial charge is 0.191 e. The summed E-state index contributed by atoms with van der Waals surface area (Å²) in [5.74, 6) is 0.943. The Bertz CT molecular complexity index is 364. The fraction of sp³-hybridized carbons (Fsp3) is 0.636. The molecule has 0 saturated heterocycles. The van der Waals surface area contributed by atoms with E-state index in [4.69, 9.17) is 0 Å². The van der Waals surface area contributed by atoms with Crippen molar-refractivity contribution >= 4 is 41.3 Å². The molecule has 6 heteroatoms. The number of rotatable bonds is 4. The van der Waals surface area contributed by atoms with Crippen LogP contribution in [0.25, 0.3) is 0 Å². The van der Waals surface area contributed by atoms with Crippen LogP contribution in [0.15, 0.2) is 11.2 Å². The first-order chi connectivity index (χ1) is 7.88. The van der Waals surface area contributed by atoms with Crippen molar-refractivity contribution in [3.05, 3.63) is 16.1 Å². The van der Waals surface area contributed by atoms with Gasteiger partial charge in [0, 0.05) is 37.1 Å². The minimum absolute atomic E-state index is 0. The SMILES string of the molecule is CCc1cnc(CCNC2=NCCCN2)s1.I. The number of hydrogen-bond acceptors (Lipinski definition) is 5. The van der Waals surface area contributed by atoms with Crippen LogP contribution in [0.2, 0.25) is 0 Å². The molecule has 0 radical (unpaired) electrons. The molecule has 1 aliphatic heterocycles. The van der Waals surface area contributed by atoms with Gasteiger partial charge in [0.15, 0.2) is 5.96 Å². The first-order valence-electron chi connectivity index (χ1n) is 5.84. The molecule has 0 amide bonds. The van der Waals surface area contributed by atoms with Gasteiger partial charge in [-0.25, -0.2) is 4.98 Å². The van der Waals surface area contributed by atoms with Gasteiger partial charge in [0.25, 0.3) is 0 Å². The van der Waals surface area contributed by atoms with Crippen molar-refractivity contribution in [2.45, 2.75) is 26.2 Å². The number of halogens is 1. The quantitative estimate of drug-likeness (QED) is 0.800. The third-order valence-corrected chi connectivity index (χ3v) is 3.68. The van der Waals surface area contributed by atoms with E-state index in [1.54, 1.807) is 0 Å². The van der Waals surface area contributed by atoms with Gasteiger partial charge < -0.3 is 10.6 Å². The normalized spacial score (nSPS) is 14.5. The molecule has 0 fully saturated rings. The Morgan fingerprint density at radius 3 is 3.06 bits per heavy atom. The summed E-state index contributed by atoms with van der Waals surface area (Å²) in [4.78, 5) is 10.1. The second kappa shape index (κ2) is 7.86. The number of aromatic nitrogens is 1. The Morgan fingerprint density at radius 1 is 1.53 bits per heavy atom. The number of thiazole rings is 1. The zero-order chi connectivity index (χ0) is 11.2. The van der Waals surface area contributed by atoms with Crippen molar-refractivity contribution < 1.29 is 0 Å². The van der Waals surface area contributed by atoms with Crippen molar-refractivity contribution in [3.63, 3.8) is 0 Å². The van der Waals surface area contributed by atoms with Crippen molar-refractivity contribution in [1.82, 2.24) is 15.6 Å². The second-order valence-electron chi connectivity index (χ2n) is 3.76. The number of hydrogen-bond donors (Lipinski definition) is 2. The van der Waals surface area contributed by atoms with E-state index in [0.717, 1.165) is 44.9 Å². The minimum atomic E-state index is 0. The van der Waals surface area contributed by atoms with E-state index >= 15 is 0 Å². The fourth-order valence-electron chi connectivity index (χ4n) is 1.57. The summed E-state index contributed by atoms with van der Waals surface area (Å²) < 4.78 is 0. The van der Waals surface area contributed by atoms with Crippen LogP contribution in [0.4, 0.5) is 0 Å². The van der Waals surface area contributed by atoms with Crippen LogP contribution in [-0.2, 0) is 12.8 Å². The standard InChI is InChI=1S/C11H18N4S.HI/c1-2-9-8-15-10(16-9)4-7-14-11-12-5-3-6-13-11;/h8H,2-7H2,1H3,(H2,12,13,14);1H. The first kappa shape index (κ1) is 14.7. The third kappa shape index (κ3) is 4.79. The summed E-state index contributed by atoms with van der Waals surface area (Å²) in [6.07, 6.45) is 5.18. The predicted molar refractivity (Wildman–Crippen MR) is 83.5 cm³/mol. The van der Waals surface area contributed by atoms with E-state index in [9.17, 15) is 0 Å². The summed E-state index contributed by atoms with van der Waals surface area (Å²) in [6, 6.07) is 0. The molecule has 2 N–H and O–H groups in total. The van der Waals surface area contributed by atoms with Crippen LogP contribution in [0, 0.1) is 0 Å². The topological polar surface area (TPSA) is 49.3 Å². The molecule has 17 heavy (non-hydrogen) atoms. The van der Waals surface area contributed by atoms with Gasteiger partial charge in [-0.05, 0) is 12.8 Å². The molecule has 0 aliphatic carbocycles. The molecule has 4 nitrogen and oxygen atoms in total. The molecule has 2 heterocycles. The molecule has 0 aromatic carbocycles. The maximum atomic E-state index is 4.39. The number of aliphatic imine (C=N–C) groups is 1. The van der Waals surface area contributed by atoms with Crippen LogP contribution >= 0.6 is 35.3 Å². The van der Waals surface area contributed by atoms with Crippen LogP contribution in [0.5, 0.6) is 0 Å². The highest BCUT2D eigenvalue weighted by molar-refractivity contribution is 14.0. The molecule has 1 aromatic rings. The molecule has 2 rings (SSSR count). The zero-order valence-corrected chi connectivity index (χ0v) is 13.2. The molecule has 0 bridgehead atoms. The van der Waals surface area contributed by atoms with E-state index in [2.05, 4.69) is 27.5 Å². The summed E-state index contributed by atoms with van der Waals surface area (Å²) >= 11 is 1.81. The average molecular weight is 366 g/mol. The summed E-state index contributed by atoms with van der Waals surface area (Å²) in [6.45, 7) is 5.04. The van der Waals surface area contributed by atoms with Gasteiger partial charge in [-0.2, -0.15) is 0 Å². The van der Waals surface area contributed by atoms with Crippen LogP contribution in [0.1, 0.15) is 23.2 Å². The van der Waals surface area contributed by atoms with E-state index in [1.807, 2.05) is 17.5 Å². The van der Waals surface area contributed by atoms with E-state index in [1.165, 1.54) is 9.88 Å². The minimum Gasteiger partial charge on any atom is -0.356 e. The lowest BCUT2D eigenvalue weighted by Gasteiger charge is -2.15.